The third-order valence-electron chi connectivity index (χ3n) is 5.95. The van der Waals surface area contributed by atoms with E-state index in [1.807, 2.05) is 48.5 Å². The summed E-state index contributed by atoms with van der Waals surface area (Å²) in [4.78, 5) is 0. The zero-order chi connectivity index (χ0) is 25.3. The van der Waals surface area contributed by atoms with Crippen LogP contribution < -0.4 is 0 Å². The molecule has 180 valence electrons. The first-order valence-corrected chi connectivity index (χ1v) is 13.7. The predicted molar refractivity (Wildman–Crippen MR) is 152 cm³/mol. The van der Waals surface area contributed by atoms with Gasteiger partial charge in [-0.05, 0) is 141 Å². The Morgan fingerprint density at radius 3 is 1.06 bits per heavy atom. The number of benzene rings is 4. The Morgan fingerprint density at radius 2 is 0.743 bits per heavy atom. The second-order valence-electron chi connectivity index (χ2n) is 8.19. The molecule has 0 aromatic heterocycles. The third kappa shape index (κ3) is 5.88. The fourth-order valence-corrected chi connectivity index (χ4v) is 6.59. The van der Waals surface area contributed by atoms with Crippen LogP contribution in [0.3, 0.4) is 0 Å². The van der Waals surface area contributed by atoms with E-state index in [0.717, 1.165) is 22.3 Å². The number of phenols is 4. The van der Waals surface area contributed by atoms with E-state index in [9.17, 15) is 20.4 Å². The van der Waals surface area contributed by atoms with Gasteiger partial charge in [0.2, 0.25) is 0 Å². The monoisotopic (exact) mass is 724 g/mol. The summed E-state index contributed by atoms with van der Waals surface area (Å²) in [6.45, 7) is 0. The molecule has 4 aromatic rings. The molecule has 4 rings (SSSR count). The largest absolute Gasteiger partial charge is 0.508 e. The summed E-state index contributed by atoms with van der Waals surface area (Å²) < 4.78 is 2.26. The zero-order valence-corrected chi connectivity index (χ0v) is 24.4. The van der Waals surface area contributed by atoms with Gasteiger partial charge in [0.1, 0.15) is 23.0 Å². The van der Waals surface area contributed by atoms with Crippen molar-refractivity contribution in [3.05, 3.63) is 113 Å². The van der Waals surface area contributed by atoms with Crippen molar-refractivity contribution in [3.63, 3.8) is 0 Å². The smallest absolute Gasteiger partial charge is 0.143 e. The molecule has 4 aromatic carbocycles. The Labute approximate surface area is 236 Å². The fraction of sp³-hybridized carbons (Fsp3) is 0.111. The van der Waals surface area contributed by atoms with Crippen LogP contribution >= 0.6 is 63.7 Å². The van der Waals surface area contributed by atoms with Gasteiger partial charge >= 0.3 is 0 Å². The molecule has 0 bridgehead atoms. The molecule has 0 aliphatic carbocycles. The molecule has 0 unspecified atom stereocenters. The number of hydrogen-bond acceptors (Lipinski definition) is 4. The molecule has 0 fully saturated rings. The molecule has 0 aliphatic heterocycles. The molecule has 0 spiro atoms. The van der Waals surface area contributed by atoms with Crippen LogP contribution in [-0.4, -0.2) is 20.4 Å². The maximum atomic E-state index is 10.3. The standard InChI is InChI=1S/C27H20Br4O4/c28-22-9-16(10-23(29)26(22)34)21(17-11-24(30)27(35)25(31)12-17)13-20(14-1-5-18(32)6-2-14)15-3-7-19(33)8-4-15/h1-12,20-21,32-35H,13H2. The van der Waals surface area contributed by atoms with E-state index < -0.39 is 0 Å². The van der Waals surface area contributed by atoms with Gasteiger partial charge in [-0.2, -0.15) is 0 Å². The molecule has 0 atom stereocenters. The molecule has 0 saturated heterocycles. The number of halogens is 4. The van der Waals surface area contributed by atoms with Crippen molar-refractivity contribution in [1.29, 1.82) is 0 Å². The minimum Gasteiger partial charge on any atom is -0.508 e. The van der Waals surface area contributed by atoms with Crippen molar-refractivity contribution < 1.29 is 20.4 Å². The number of rotatable bonds is 6. The average molecular weight is 728 g/mol. The van der Waals surface area contributed by atoms with E-state index in [4.69, 9.17) is 0 Å². The van der Waals surface area contributed by atoms with Crippen LogP contribution in [-0.2, 0) is 0 Å². The van der Waals surface area contributed by atoms with E-state index in [0.29, 0.717) is 24.3 Å². The topological polar surface area (TPSA) is 80.9 Å². The van der Waals surface area contributed by atoms with Crippen LogP contribution in [0.4, 0.5) is 0 Å². The van der Waals surface area contributed by atoms with Crippen LogP contribution in [0.2, 0.25) is 0 Å². The Hall–Kier alpha value is -2.00. The highest BCUT2D eigenvalue weighted by atomic mass is 79.9. The van der Waals surface area contributed by atoms with E-state index in [-0.39, 0.29) is 34.8 Å². The van der Waals surface area contributed by atoms with E-state index in [2.05, 4.69) is 63.7 Å². The molecule has 35 heavy (non-hydrogen) atoms. The van der Waals surface area contributed by atoms with E-state index in [1.54, 1.807) is 24.3 Å². The molecule has 0 aliphatic rings. The quantitative estimate of drug-likeness (QED) is 0.160. The fourth-order valence-electron chi connectivity index (χ4n) is 4.15. The lowest BCUT2D eigenvalue weighted by Crippen LogP contribution is -2.10. The molecule has 0 radical (unpaired) electrons. The van der Waals surface area contributed by atoms with Gasteiger partial charge in [0.05, 0.1) is 17.9 Å². The lowest BCUT2D eigenvalue weighted by molar-refractivity contribution is 0.467. The summed E-state index contributed by atoms with van der Waals surface area (Å²) in [6, 6.07) is 21.8. The van der Waals surface area contributed by atoms with Crippen LogP contribution in [0.1, 0.15) is 40.5 Å². The maximum absolute atomic E-state index is 10.3. The summed E-state index contributed by atoms with van der Waals surface area (Å²) in [5, 5.41) is 40.3. The van der Waals surface area contributed by atoms with Crippen LogP contribution in [0, 0.1) is 0 Å². The maximum Gasteiger partial charge on any atom is 0.143 e. The summed E-state index contributed by atoms with van der Waals surface area (Å²) in [6.07, 6.45) is 0.628. The summed E-state index contributed by atoms with van der Waals surface area (Å²) in [7, 11) is 0. The highest BCUT2D eigenvalue weighted by Crippen LogP contribution is 2.45. The van der Waals surface area contributed by atoms with Crippen molar-refractivity contribution in [2.24, 2.45) is 0 Å². The van der Waals surface area contributed by atoms with Crippen molar-refractivity contribution in [2.45, 2.75) is 18.3 Å². The summed E-state index contributed by atoms with van der Waals surface area (Å²) >= 11 is 13.8. The lowest BCUT2D eigenvalue weighted by Gasteiger charge is -2.27. The van der Waals surface area contributed by atoms with Crippen LogP contribution in [0.25, 0.3) is 0 Å². The molecule has 4 nitrogen and oxygen atoms in total. The van der Waals surface area contributed by atoms with E-state index in [1.165, 1.54) is 0 Å². The SMILES string of the molecule is Oc1ccc(C(CC(c2cc(Br)c(O)c(Br)c2)c2cc(Br)c(O)c(Br)c2)c2ccc(O)cc2)cc1. The first-order valence-electron chi connectivity index (χ1n) is 10.6. The molecule has 4 N–H and O–H groups in total. The van der Waals surface area contributed by atoms with Crippen molar-refractivity contribution >= 4 is 63.7 Å². The van der Waals surface area contributed by atoms with E-state index >= 15 is 0 Å². The molecule has 0 amide bonds. The Balaban J connectivity index is 1.89. The van der Waals surface area contributed by atoms with Crippen molar-refractivity contribution in [2.75, 3.05) is 0 Å². The highest BCUT2D eigenvalue weighted by Gasteiger charge is 2.26. The van der Waals surface area contributed by atoms with Gasteiger partial charge in [-0.15, -0.1) is 0 Å². The Bertz CT molecular complexity index is 1210. The lowest BCUT2D eigenvalue weighted by atomic mass is 9.78. The van der Waals surface area contributed by atoms with Crippen molar-refractivity contribution in [3.8, 4) is 23.0 Å². The summed E-state index contributed by atoms with van der Waals surface area (Å²) in [5.41, 5.74) is 3.92. The average Bonchev–Trinajstić information content (AvgIpc) is 2.83. The van der Waals surface area contributed by atoms with Gasteiger partial charge in [-0.1, -0.05) is 24.3 Å². The molecule has 8 heteroatoms. The zero-order valence-electron chi connectivity index (χ0n) is 18.1. The van der Waals surface area contributed by atoms with Gasteiger partial charge in [0.15, 0.2) is 0 Å². The van der Waals surface area contributed by atoms with Crippen LogP contribution in [0.5, 0.6) is 23.0 Å². The van der Waals surface area contributed by atoms with Gasteiger partial charge in [0, 0.05) is 11.8 Å². The number of aromatic hydroxyl groups is 4. The number of phenolic OH excluding ortho intramolecular Hbond substituents is 4. The highest BCUT2D eigenvalue weighted by molar-refractivity contribution is 9.11. The second-order valence-corrected chi connectivity index (χ2v) is 11.6. The van der Waals surface area contributed by atoms with Crippen LogP contribution in [0.15, 0.2) is 90.7 Å². The molecular weight excluding hydrogens is 708 g/mol. The van der Waals surface area contributed by atoms with Gasteiger partial charge < -0.3 is 20.4 Å². The Kier molecular flexibility index (Phi) is 8.16. The second kappa shape index (κ2) is 10.9. The van der Waals surface area contributed by atoms with Crippen molar-refractivity contribution in [1.82, 2.24) is 0 Å². The summed E-state index contributed by atoms with van der Waals surface area (Å²) in [5.74, 6) is 0.381. The van der Waals surface area contributed by atoms with Gasteiger partial charge in [-0.3, -0.25) is 0 Å². The molecular formula is C27H20Br4O4. The van der Waals surface area contributed by atoms with Gasteiger partial charge in [0.25, 0.3) is 0 Å². The molecule has 0 saturated carbocycles. The predicted octanol–water partition coefficient (Wildman–Crippen LogP) is 8.91. The Morgan fingerprint density at radius 1 is 0.457 bits per heavy atom. The minimum absolute atomic E-state index is 0.0843. The minimum atomic E-state index is -0.149. The third-order valence-corrected chi connectivity index (χ3v) is 8.36. The first-order chi connectivity index (χ1) is 16.6. The van der Waals surface area contributed by atoms with Gasteiger partial charge in [-0.25, -0.2) is 0 Å². The normalized spacial score (nSPS) is 11.4. The molecule has 0 heterocycles. The number of hydrogen-bond donors (Lipinski definition) is 4. The first kappa shape index (κ1) is 26.1.